The van der Waals surface area contributed by atoms with Crippen molar-refractivity contribution >= 4 is 11.7 Å². The van der Waals surface area contributed by atoms with Crippen LogP contribution in [0.5, 0.6) is 5.75 Å². The van der Waals surface area contributed by atoms with Crippen molar-refractivity contribution in [2.24, 2.45) is 16.3 Å². The van der Waals surface area contributed by atoms with Crippen LogP contribution < -0.4 is 15.8 Å². The molecule has 1 aromatic rings. The van der Waals surface area contributed by atoms with Crippen molar-refractivity contribution in [1.82, 2.24) is 5.32 Å². The van der Waals surface area contributed by atoms with Crippen LogP contribution in [0.3, 0.4) is 0 Å². The van der Waals surface area contributed by atoms with Gasteiger partial charge in [-0.3, -0.25) is 4.79 Å². The molecule has 1 amide bonds. The Morgan fingerprint density at radius 2 is 2.00 bits per heavy atom. The van der Waals surface area contributed by atoms with Gasteiger partial charge >= 0.3 is 0 Å². The fourth-order valence-electron chi connectivity index (χ4n) is 2.34. The van der Waals surface area contributed by atoms with Crippen LogP contribution in [-0.4, -0.2) is 24.1 Å². The van der Waals surface area contributed by atoms with Gasteiger partial charge < -0.3 is 21.0 Å². The summed E-state index contributed by atoms with van der Waals surface area (Å²) in [7, 11) is 1.58. The normalized spacial score (nSPS) is 12.0. The Kier molecular flexibility index (Phi) is 6.02. The Labute approximate surface area is 125 Å². The van der Waals surface area contributed by atoms with Gasteiger partial charge in [-0.1, -0.05) is 37.2 Å². The molecule has 1 rings (SSSR count). The molecular formula is C15H23N3O3. The number of rotatable bonds is 7. The third-order valence-electron chi connectivity index (χ3n) is 3.87. The van der Waals surface area contributed by atoms with Gasteiger partial charge in [0, 0.05) is 12.1 Å². The molecular weight excluding hydrogens is 270 g/mol. The molecule has 0 spiro atoms. The van der Waals surface area contributed by atoms with Gasteiger partial charge in [0.25, 0.3) is 0 Å². The minimum Gasteiger partial charge on any atom is -0.496 e. The molecule has 0 heterocycles. The fraction of sp³-hybridized carbons (Fsp3) is 0.467. The number of nitrogens with zero attached hydrogens (tertiary/aromatic N) is 1. The first kappa shape index (κ1) is 16.8. The van der Waals surface area contributed by atoms with Crippen LogP contribution in [-0.2, 0) is 11.3 Å². The lowest BCUT2D eigenvalue weighted by molar-refractivity contribution is -0.128. The number of methoxy groups -OCH3 is 1. The molecule has 116 valence electrons. The van der Waals surface area contributed by atoms with E-state index in [0.29, 0.717) is 25.1 Å². The van der Waals surface area contributed by atoms with Gasteiger partial charge in [0.1, 0.15) is 11.2 Å². The smallest absolute Gasteiger partial charge is 0.234 e. The highest BCUT2D eigenvalue weighted by atomic mass is 16.5. The minimum atomic E-state index is -0.989. The highest BCUT2D eigenvalue weighted by Crippen LogP contribution is 2.27. The second-order valence-electron chi connectivity index (χ2n) is 4.77. The fourth-order valence-corrected chi connectivity index (χ4v) is 2.34. The van der Waals surface area contributed by atoms with E-state index in [1.807, 2.05) is 38.1 Å². The van der Waals surface area contributed by atoms with E-state index in [4.69, 9.17) is 15.7 Å². The average Bonchev–Trinajstić information content (AvgIpc) is 2.54. The molecule has 6 heteroatoms. The summed E-state index contributed by atoms with van der Waals surface area (Å²) in [5.41, 5.74) is 5.59. The number of amides is 1. The number of amidine groups is 1. The lowest BCUT2D eigenvalue weighted by atomic mass is 9.80. The summed E-state index contributed by atoms with van der Waals surface area (Å²) in [6.07, 6.45) is 0.911. The molecule has 0 aliphatic carbocycles. The van der Waals surface area contributed by atoms with Gasteiger partial charge in [-0.05, 0) is 18.9 Å². The quantitative estimate of drug-likeness (QED) is 0.309. The van der Waals surface area contributed by atoms with Crippen LogP contribution in [0, 0.1) is 5.41 Å². The summed E-state index contributed by atoms with van der Waals surface area (Å²) in [4.78, 5) is 12.5. The molecule has 0 saturated carbocycles. The first-order valence-electron chi connectivity index (χ1n) is 6.93. The van der Waals surface area contributed by atoms with Crippen molar-refractivity contribution in [2.75, 3.05) is 7.11 Å². The summed E-state index contributed by atoms with van der Waals surface area (Å²) >= 11 is 0. The minimum absolute atomic E-state index is 0.0648. The van der Waals surface area contributed by atoms with Gasteiger partial charge in [-0.2, -0.15) is 0 Å². The van der Waals surface area contributed by atoms with E-state index in [-0.39, 0.29) is 11.7 Å². The molecule has 0 fully saturated rings. The second-order valence-corrected chi connectivity index (χ2v) is 4.77. The SMILES string of the molecule is CCC(CC)(C(=O)NCc1ccccc1OC)C(N)=NO. The molecule has 0 radical (unpaired) electrons. The zero-order valence-electron chi connectivity index (χ0n) is 12.7. The standard InChI is InChI=1S/C15H23N3O3/c1-4-15(5-2,13(16)18-20)14(19)17-10-11-8-6-7-9-12(11)21-3/h6-9,20H,4-5,10H2,1-3H3,(H2,16,18)(H,17,19). The molecule has 0 unspecified atom stereocenters. The monoisotopic (exact) mass is 293 g/mol. The maximum absolute atomic E-state index is 12.5. The average molecular weight is 293 g/mol. The number of ether oxygens (including phenoxy) is 1. The zero-order chi connectivity index (χ0) is 15.9. The second kappa shape index (κ2) is 7.52. The molecule has 6 nitrogen and oxygen atoms in total. The molecule has 4 N–H and O–H groups in total. The van der Waals surface area contributed by atoms with Gasteiger partial charge in [0.05, 0.1) is 7.11 Å². The van der Waals surface area contributed by atoms with Crippen LogP contribution in [0.4, 0.5) is 0 Å². The van der Waals surface area contributed by atoms with Crippen LogP contribution in [0.2, 0.25) is 0 Å². The molecule has 0 aromatic heterocycles. The van der Waals surface area contributed by atoms with E-state index in [0.717, 1.165) is 5.56 Å². The lowest BCUT2D eigenvalue weighted by Gasteiger charge is -2.28. The van der Waals surface area contributed by atoms with Crippen LogP contribution in [0.1, 0.15) is 32.3 Å². The van der Waals surface area contributed by atoms with Crippen molar-refractivity contribution in [3.63, 3.8) is 0 Å². The first-order valence-corrected chi connectivity index (χ1v) is 6.93. The van der Waals surface area contributed by atoms with E-state index >= 15 is 0 Å². The molecule has 0 aliphatic rings. The number of nitrogens with one attached hydrogen (secondary N) is 1. The summed E-state index contributed by atoms with van der Waals surface area (Å²) in [6, 6.07) is 7.45. The lowest BCUT2D eigenvalue weighted by Crippen LogP contribution is -2.49. The van der Waals surface area contributed by atoms with Crippen molar-refractivity contribution < 1.29 is 14.7 Å². The van der Waals surface area contributed by atoms with Crippen LogP contribution in [0.25, 0.3) is 0 Å². The summed E-state index contributed by atoms with van der Waals surface area (Å²) in [5.74, 6) is 0.388. The first-order chi connectivity index (χ1) is 10.1. The van der Waals surface area contributed by atoms with E-state index < -0.39 is 5.41 Å². The number of carbonyl (C=O) groups is 1. The van der Waals surface area contributed by atoms with Gasteiger partial charge in [0.2, 0.25) is 5.91 Å². The van der Waals surface area contributed by atoms with Crippen molar-refractivity contribution in [3.8, 4) is 5.75 Å². The Bertz CT molecular complexity index is 511. The Morgan fingerprint density at radius 3 is 2.52 bits per heavy atom. The molecule has 0 aliphatic heterocycles. The number of nitrogens with two attached hydrogens (primary N) is 1. The van der Waals surface area contributed by atoms with Gasteiger partial charge in [-0.25, -0.2) is 0 Å². The highest BCUT2D eigenvalue weighted by Gasteiger charge is 2.39. The molecule has 1 aromatic carbocycles. The number of hydrogen-bond donors (Lipinski definition) is 3. The van der Waals surface area contributed by atoms with Crippen LogP contribution >= 0.6 is 0 Å². The Balaban J connectivity index is 2.89. The highest BCUT2D eigenvalue weighted by molar-refractivity contribution is 6.06. The predicted octanol–water partition coefficient (Wildman–Crippen LogP) is 1.86. The predicted molar refractivity (Wildman–Crippen MR) is 81.3 cm³/mol. The number of hydrogen-bond acceptors (Lipinski definition) is 4. The van der Waals surface area contributed by atoms with E-state index in [2.05, 4.69) is 10.5 Å². The number of carbonyl (C=O) groups excluding carboxylic acids is 1. The van der Waals surface area contributed by atoms with E-state index in [9.17, 15) is 4.79 Å². The molecule has 0 saturated heterocycles. The van der Waals surface area contributed by atoms with E-state index in [1.54, 1.807) is 7.11 Å². The van der Waals surface area contributed by atoms with Crippen LogP contribution in [0.15, 0.2) is 29.4 Å². The Hall–Kier alpha value is -2.24. The summed E-state index contributed by atoms with van der Waals surface area (Å²) < 4.78 is 5.24. The van der Waals surface area contributed by atoms with E-state index in [1.165, 1.54) is 0 Å². The third-order valence-corrected chi connectivity index (χ3v) is 3.87. The summed E-state index contributed by atoms with van der Waals surface area (Å²) in [5, 5.41) is 14.8. The largest absolute Gasteiger partial charge is 0.496 e. The van der Waals surface area contributed by atoms with Crippen molar-refractivity contribution in [3.05, 3.63) is 29.8 Å². The van der Waals surface area contributed by atoms with Crippen molar-refractivity contribution in [1.29, 1.82) is 0 Å². The van der Waals surface area contributed by atoms with Gasteiger partial charge in [0.15, 0.2) is 5.84 Å². The maximum atomic E-state index is 12.5. The molecule has 0 atom stereocenters. The molecule has 0 bridgehead atoms. The number of para-hydroxylation sites is 1. The number of benzene rings is 1. The summed E-state index contributed by atoms with van der Waals surface area (Å²) in [6.45, 7) is 4.00. The third kappa shape index (κ3) is 3.45. The molecule has 21 heavy (non-hydrogen) atoms. The van der Waals surface area contributed by atoms with Crippen molar-refractivity contribution in [2.45, 2.75) is 33.2 Å². The number of oxime groups is 1. The maximum Gasteiger partial charge on any atom is 0.234 e. The van der Waals surface area contributed by atoms with Gasteiger partial charge in [-0.15, -0.1) is 0 Å². The zero-order valence-corrected chi connectivity index (χ0v) is 12.7. The Morgan fingerprint density at radius 1 is 1.38 bits per heavy atom. The topological polar surface area (TPSA) is 96.9 Å².